The largest absolute Gasteiger partial charge is 0.473 e. The molecule has 1 saturated heterocycles. The summed E-state index contributed by atoms with van der Waals surface area (Å²) >= 11 is 1.42. The summed E-state index contributed by atoms with van der Waals surface area (Å²) in [5, 5.41) is 11.5. The minimum Gasteiger partial charge on any atom is -0.473 e. The third-order valence-corrected chi connectivity index (χ3v) is 6.61. The number of amides is 1. The molecule has 1 aliphatic rings. The summed E-state index contributed by atoms with van der Waals surface area (Å²) in [6, 6.07) is 7.09. The molecule has 32 heavy (non-hydrogen) atoms. The lowest BCUT2D eigenvalue weighted by Gasteiger charge is -2.34. The average Bonchev–Trinajstić information content (AvgIpc) is 3.36. The minimum absolute atomic E-state index is 0.270. The number of benzene rings is 2. The molecule has 0 bridgehead atoms. The monoisotopic (exact) mass is 454 g/mol. The van der Waals surface area contributed by atoms with Gasteiger partial charge in [0, 0.05) is 50.0 Å². The van der Waals surface area contributed by atoms with Gasteiger partial charge in [-0.1, -0.05) is 11.3 Å². The normalized spacial score (nSPS) is 16.6. The molecule has 5 rings (SSSR count). The third-order valence-electron chi connectivity index (χ3n) is 5.57. The number of hydrogen-bond donors (Lipinski definition) is 2. The van der Waals surface area contributed by atoms with E-state index in [2.05, 4.69) is 32.5 Å². The number of rotatable bonds is 4. The van der Waals surface area contributed by atoms with Crippen LogP contribution in [0.3, 0.4) is 0 Å². The van der Waals surface area contributed by atoms with Crippen LogP contribution in [-0.4, -0.2) is 53.5 Å². The van der Waals surface area contributed by atoms with Crippen LogP contribution in [0, 0.1) is 5.82 Å². The van der Waals surface area contributed by atoms with Gasteiger partial charge in [0.2, 0.25) is 0 Å². The molecule has 0 aliphatic carbocycles. The molecule has 2 aromatic heterocycles. The van der Waals surface area contributed by atoms with Crippen LogP contribution < -0.4 is 20.3 Å². The van der Waals surface area contributed by atoms with Gasteiger partial charge in [-0.2, -0.15) is 5.10 Å². The predicted molar refractivity (Wildman–Crippen MR) is 124 cm³/mol. The van der Waals surface area contributed by atoms with Gasteiger partial charge < -0.3 is 20.3 Å². The van der Waals surface area contributed by atoms with E-state index in [1.54, 1.807) is 37.2 Å². The maximum atomic E-state index is 14.4. The summed E-state index contributed by atoms with van der Waals surface area (Å²) in [5.41, 5.74) is 2.66. The molecule has 1 amide bonds. The van der Waals surface area contributed by atoms with E-state index < -0.39 is 5.82 Å². The minimum atomic E-state index is -0.484. The zero-order chi connectivity index (χ0) is 22.4. The van der Waals surface area contributed by atoms with E-state index in [1.165, 1.54) is 17.4 Å². The van der Waals surface area contributed by atoms with Gasteiger partial charge in [0.25, 0.3) is 11.1 Å². The first-order chi connectivity index (χ1) is 15.4. The second kappa shape index (κ2) is 8.03. The summed E-state index contributed by atoms with van der Waals surface area (Å²) in [6.07, 6.45) is 1.71. The number of aryl methyl sites for hydroxylation is 1. The predicted octanol–water partition coefficient (Wildman–Crippen LogP) is 3.38. The number of ether oxygens (including phenoxy) is 1. The van der Waals surface area contributed by atoms with Crippen molar-refractivity contribution in [2.24, 2.45) is 7.05 Å². The van der Waals surface area contributed by atoms with Crippen LogP contribution in [0.5, 0.6) is 5.19 Å². The standard InChI is InChI=1S/C22H23FN6O2S/c1-12-10-29(7-6-24-12)17-5-4-15(19-20(17)32-22(26-19)31-3)21(30)25-14-8-13-11-28(2)27-18(13)16(23)9-14/h4-5,8-9,11-12,24H,6-7,10H2,1-3H3,(H,25,30)/t12-/m1/s1. The molecule has 0 unspecified atom stereocenters. The number of anilines is 2. The molecule has 1 aliphatic heterocycles. The van der Waals surface area contributed by atoms with Crippen LogP contribution in [0.15, 0.2) is 30.5 Å². The van der Waals surface area contributed by atoms with Gasteiger partial charge in [0.15, 0.2) is 5.82 Å². The van der Waals surface area contributed by atoms with E-state index in [9.17, 15) is 9.18 Å². The number of aromatic nitrogens is 3. The van der Waals surface area contributed by atoms with Gasteiger partial charge in [0.1, 0.15) is 11.0 Å². The lowest BCUT2D eigenvalue weighted by molar-refractivity contribution is 0.102. The maximum absolute atomic E-state index is 14.4. The van der Waals surface area contributed by atoms with E-state index in [0.717, 1.165) is 30.0 Å². The van der Waals surface area contributed by atoms with Crippen LogP contribution in [-0.2, 0) is 7.05 Å². The molecule has 1 fully saturated rings. The smallest absolute Gasteiger partial charge is 0.274 e. The topological polar surface area (TPSA) is 84.3 Å². The Morgan fingerprint density at radius 3 is 2.97 bits per heavy atom. The summed E-state index contributed by atoms with van der Waals surface area (Å²) in [4.78, 5) is 20.0. The average molecular weight is 455 g/mol. The van der Waals surface area contributed by atoms with Crippen molar-refractivity contribution in [3.8, 4) is 5.19 Å². The second-order valence-electron chi connectivity index (χ2n) is 7.95. The van der Waals surface area contributed by atoms with Gasteiger partial charge in [0.05, 0.1) is 23.1 Å². The number of nitrogens with one attached hydrogen (secondary N) is 2. The molecule has 1 atom stereocenters. The summed E-state index contributed by atoms with van der Waals surface area (Å²) in [6.45, 7) is 4.78. The molecule has 10 heteroatoms. The number of halogens is 1. The van der Waals surface area contributed by atoms with Crippen LogP contribution in [0.4, 0.5) is 15.8 Å². The number of hydrogen-bond acceptors (Lipinski definition) is 7. The van der Waals surface area contributed by atoms with Gasteiger partial charge >= 0.3 is 0 Å². The van der Waals surface area contributed by atoms with Crippen LogP contribution in [0.2, 0.25) is 0 Å². The Morgan fingerprint density at radius 1 is 1.34 bits per heavy atom. The van der Waals surface area contributed by atoms with Gasteiger partial charge in [-0.3, -0.25) is 9.48 Å². The van der Waals surface area contributed by atoms with E-state index in [-0.39, 0.29) is 11.4 Å². The first-order valence-electron chi connectivity index (χ1n) is 10.3. The molecule has 0 radical (unpaired) electrons. The van der Waals surface area contributed by atoms with Crippen molar-refractivity contribution in [1.82, 2.24) is 20.1 Å². The fraction of sp³-hybridized carbons (Fsp3) is 0.318. The van der Waals surface area contributed by atoms with Crippen molar-refractivity contribution in [3.05, 3.63) is 41.8 Å². The Balaban J connectivity index is 1.51. The zero-order valence-corrected chi connectivity index (χ0v) is 18.8. The highest BCUT2D eigenvalue weighted by Gasteiger charge is 2.23. The molecule has 8 nitrogen and oxygen atoms in total. The van der Waals surface area contributed by atoms with Crippen molar-refractivity contribution < 1.29 is 13.9 Å². The molecular weight excluding hydrogens is 431 g/mol. The lowest BCUT2D eigenvalue weighted by Crippen LogP contribution is -2.49. The lowest BCUT2D eigenvalue weighted by atomic mass is 10.1. The molecule has 2 N–H and O–H groups in total. The molecule has 3 heterocycles. The maximum Gasteiger partial charge on any atom is 0.274 e. The fourth-order valence-electron chi connectivity index (χ4n) is 4.13. The number of fused-ring (bicyclic) bond motifs is 2. The molecule has 2 aromatic carbocycles. The van der Waals surface area contributed by atoms with Crippen molar-refractivity contribution in [2.45, 2.75) is 13.0 Å². The van der Waals surface area contributed by atoms with E-state index in [4.69, 9.17) is 4.74 Å². The second-order valence-corrected chi connectivity index (χ2v) is 8.91. The first-order valence-corrected chi connectivity index (χ1v) is 11.1. The van der Waals surface area contributed by atoms with E-state index in [1.807, 2.05) is 6.07 Å². The number of thiazole rings is 1. The van der Waals surface area contributed by atoms with Crippen LogP contribution in [0.25, 0.3) is 21.1 Å². The van der Waals surface area contributed by atoms with Gasteiger partial charge in [-0.15, -0.1) is 0 Å². The first kappa shape index (κ1) is 20.7. The van der Waals surface area contributed by atoms with Crippen molar-refractivity contribution in [1.29, 1.82) is 0 Å². The van der Waals surface area contributed by atoms with E-state index >= 15 is 0 Å². The summed E-state index contributed by atoms with van der Waals surface area (Å²) in [5.74, 6) is -0.840. The van der Waals surface area contributed by atoms with Gasteiger partial charge in [-0.05, 0) is 31.2 Å². The molecule has 166 valence electrons. The number of piperazine rings is 1. The Labute approximate surface area is 188 Å². The SMILES string of the molecule is COc1nc2c(C(=O)Nc3cc(F)c4nn(C)cc4c3)ccc(N3CCN[C@H](C)C3)c2s1. The molecule has 0 saturated carbocycles. The molecule has 0 spiro atoms. The van der Waals surface area contributed by atoms with Crippen molar-refractivity contribution >= 4 is 49.7 Å². The highest BCUT2D eigenvalue weighted by atomic mass is 32.1. The molecule has 4 aromatic rings. The fourth-order valence-corrected chi connectivity index (χ4v) is 5.08. The number of methoxy groups -OCH3 is 1. The number of carbonyl (C=O) groups excluding carboxylic acids is 1. The summed E-state index contributed by atoms with van der Waals surface area (Å²) in [7, 11) is 3.29. The summed E-state index contributed by atoms with van der Waals surface area (Å²) < 4.78 is 22.3. The highest BCUT2D eigenvalue weighted by molar-refractivity contribution is 7.21. The Kier molecular flexibility index (Phi) is 5.18. The molecular formula is C22H23FN6O2S. The zero-order valence-electron chi connectivity index (χ0n) is 18.0. The van der Waals surface area contributed by atoms with Crippen molar-refractivity contribution in [2.75, 3.05) is 37.0 Å². The Hall–Kier alpha value is -3.24. The van der Waals surface area contributed by atoms with Crippen LogP contribution >= 0.6 is 11.3 Å². The van der Waals surface area contributed by atoms with Crippen molar-refractivity contribution in [3.63, 3.8) is 0 Å². The quantitative estimate of drug-likeness (QED) is 0.492. The Bertz CT molecular complexity index is 1330. The van der Waals surface area contributed by atoms with Gasteiger partial charge in [-0.25, -0.2) is 9.37 Å². The Morgan fingerprint density at radius 2 is 2.19 bits per heavy atom. The number of carbonyl (C=O) groups is 1. The van der Waals surface area contributed by atoms with Crippen LogP contribution in [0.1, 0.15) is 17.3 Å². The third kappa shape index (κ3) is 3.65. The van der Waals surface area contributed by atoms with E-state index in [0.29, 0.717) is 33.4 Å². The number of nitrogens with zero attached hydrogens (tertiary/aromatic N) is 4. The highest BCUT2D eigenvalue weighted by Crippen LogP contribution is 2.38.